The molecule has 0 saturated carbocycles. The monoisotopic (exact) mass is 330 g/mol. The van der Waals surface area contributed by atoms with Gasteiger partial charge in [0, 0.05) is 6.42 Å². The summed E-state index contributed by atoms with van der Waals surface area (Å²) < 4.78 is 0. The lowest BCUT2D eigenvalue weighted by molar-refractivity contribution is -0.588. The highest BCUT2D eigenvalue weighted by atomic mass is 16.5. The van der Waals surface area contributed by atoms with E-state index in [1.54, 1.807) is 0 Å². The normalized spacial score (nSPS) is 10.2. The molecular formula is C19H42N2O2. The van der Waals surface area contributed by atoms with Crippen molar-refractivity contribution in [1.82, 2.24) is 0 Å². The molecule has 140 valence electrons. The number of amides is 1. The molecule has 0 bridgehead atoms. The van der Waals surface area contributed by atoms with Gasteiger partial charge in [0.15, 0.2) is 0 Å². The van der Waals surface area contributed by atoms with Gasteiger partial charge in [0.05, 0.1) is 6.54 Å². The Morgan fingerprint density at radius 3 is 1.39 bits per heavy atom. The average Bonchev–Trinajstić information content (AvgIpc) is 2.53. The van der Waals surface area contributed by atoms with Crippen molar-refractivity contribution < 1.29 is 10.3 Å². The molecule has 4 heteroatoms. The number of rotatable bonds is 16. The van der Waals surface area contributed by atoms with Crippen molar-refractivity contribution in [3.05, 3.63) is 5.21 Å². The van der Waals surface area contributed by atoms with Crippen LogP contribution in [0, 0.1) is 5.21 Å². The van der Waals surface area contributed by atoms with Crippen molar-refractivity contribution in [2.75, 3.05) is 6.54 Å². The van der Waals surface area contributed by atoms with Gasteiger partial charge >= 0.3 is 0 Å². The minimum atomic E-state index is -0.155. The van der Waals surface area contributed by atoms with Gasteiger partial charge in [0.25, 0.3) is 0 Å². The van der Waals surface area contributed by atoms with Crippen LogP contribution in [0.2, 0.25) is 0 Å². The molecule has 0 saturated heterocycles. The Bertz CT molecular complexity index is 221. The molecule has 4 nitrogen and oxygen atoms in total. The highest BCUT2D eigenvalue weighted by molar-refractivity contribution is 5.73. The first-order valence-electron chi connectivity index (χ1n) is 9.90. The van der Waals surface area contributed by atoms with Crippen LogP contribution in [0.5, 0.6) is 0 Å². The third-order valence-corrected chi connectivity index (χ3v) is 3.93. The number of carbonyl (C=O) groups excluding carboxylic acids is 1. The molecule has 0 aliphatic rings. The summed E-state index contributed by atoms with van der Waals surface area (Å²) in [6.07, 6.45) is 18.9. The maximum absolute atomic E-state index is 10.5. The van der Waals surface area contributed by atoms with E-state index in [4.69, 9.17) is 5.73 Å². The van der Waals surface area contributed by atoms with Gasteiger partial charge in [-0.05, 0) is 12.8 Å². The SMILES string of the molecule is CCCCCCCCCCCCCCCC(N)=O.CCC[NH2+][O-]. The summed E-state index contributed by atoms with van der Waals surface area (Å²) in [5, 5.41) is 9.40. The average molecular weight is 331 g/mol. The summed E-state index contributed by atoms with van der Waals surface area (Å²) >= 11 is 0. The van der Waals surface area contributed by atoms with Gasteiger partial charge in [-0.3, -0.25) is 4.79 Å². The molecular weight excluding hydrogens is 288 g/mol. The molecule has 0 unspecified atom stereocenters. The van der Waals surface area contributed by atoms with Crippen molar-refractivity contribution >= 4 is 5.91 Å². The third kappa shape index (κ3) is 29.9. The first-order chi connectivity index (χ1) is 11.2. The van der Waals surface area contributed by atoms with Crippen molar-refractivity contribution in [2.45, 2.75) is 110 Å². The Hall–Kier alpha value is -0.610. The Morgan fingerprint density at radius 2 is 1.13 bits per heavy atom. The van der Waals surface area contributed by atoms with Gasteiger partial charge in [0.1, 0.15) is 0 Å². The summed E-state index contributed by atoms with van der Waals surface area (Å²) in [7, 11) is 0. The first-order valence-corrected chi connectivity index (χ1v) is 9.90. The van der Waals surface area contributed by atoms with E-state index in [-0.39, 0.29) is 5.91 Å². The highest BCUT2D eigenvalue weighted by Gasteiger charge is 1.95. The lowest BCUT2D eigenvalue weighted by Gasteiger charge is -2.02. The van der Waals surface area contributed by atoms with Crippen molar-refractivity contribution in [3.8, 4) is 0 Å². The zero-order chi connectivity index (χ0) is 17.6. The fourth-order valence-corrected chi connectivity index (χ4v) is 2.43. The number of hydroxylamine groups is 1. The topological polar surface area (TPSA) is 82.8 Å². The molecule has 0 radical (unpaired) electrons. The van der Waals surface area contributed by atoms with E-state index in [0.717, 1.165) is 18.3 Å². The first kappa shape index (κ1) is 24.6. The molecule has 0 fully saturated rings. The summed E-state index contributed by atoms with van der Waals surface area (Å²) in [5.74, 6) is -0.155. The van der Waals surface area contributed by atoms with Crippen LogP contribution in [-0.2, 0) is 4.79 Å². The van der Waals surface area contributed by atoms with Crippen LogP contribution in [0.15, 0.2) is 0 Å². The number of hydrogen-bond donors (Lipinski definition) is 2. The third-order valence-electron chi connectivity index (χ3n) is 3.93. The van der Waals surface area contributed by atoms with E-state index in [0.29, 0.717) is 13.0 Å². The fourth-order valence-electron chi connectivity index (χ4n) is 2.43. The van der Waals surface area contributed by atoms with Crippen LogP contribution in [0.1, 0.15) is 110 Å². The predicted octanol–water partition coefficient (Wildman–Crippen LogP) is 4.41. The number of unbranched alkanes of at least 4 members (excludes halogenated alkanes) is 12. The smallest absolute Gasteiger partial charge is 0.217 e. The van der Waals surface area contributed by atoms with Crippen LogP contribution in [0.3, 0.4) is 0 Å². The largest absolute Gasteiger partial charge is 0.636 e. The Morgan fingerprint density at radius 1 is 0.739 bits per heavy atom. The standard InChI is InChI=1S/C16H33NO.C3H9NO/c1-2-3-4-5-6-7-8-9-10-11-12-13-14-15-16(17)18;1-2-3-4-5/h2-15H2,1H3,(H2,17,18);2-4H2,1H3. The highest BCUT2D eigenvalue weighted by Crippen LogP contribution is 2.12. The van der Waals surface area contributed by atoms with Crippen molar-refractivity contribution in [3.63, 3.8) is 0 Å². The van der Waals surface area contributed by atoms with E-state index in [2.05, 4.69) is 6.92 Å². The number of primary amides is 1. The van der Waals surface area contributed by atoms with Crippen LogP contribution in [0.4, 0.5) is 0 Å². The zero-order valence-electron chi connectivity index (χ0n) is 15.8. The summed E-state index contributed by atoms with van der Waals surface area (Å²) in [6, 6.07) is 0. The molecule has 4 N–H and O–H groups in total. The Labute approximate surface area is 144 Å². The zero-order valence-corrected chi connectivity index (χ0v) is 15.8. The maximum Gasteiger partial charge on any atom is 0.217 e. The van der Waals surface area contributed by atoms with E-state index in [1.165, 1.54) is 77.0 Å². The number of hydrogen-bond acceptors (Lipinski definition) is 2. The molecule has 0 aliphatic carbocycles. The Kier molecular flexibility index (Phi) is 25.3. The van der Waals surface area contributed by atoms with Crippen LogP contribution < -0.4 is 11.2 Å². The van der Waals surface area contributed by atoms with Crippen LogP contribution >= 0.6 is 0 Å². The second-order valence-corrected chi connectivity index (χ2v) is 6.41. The number of quaternary nitrogens is 1. The van der Waals surface area contributed by atoms with Gasteiger partial charge in [-0.25, -0.2) is 0 Å². The molecule has 0 heterocycles. The maximum atomic E-state index is 10.5. The molecule has 1 amide bonds. The van der Waals surface area contributed by atoms with E-state index in [1.807, 2.05) is 6.92 Å². The summed E-state index contributed by atoms with van der Waals surface area (Å²) in [5.41, 5.74) is 6.02. The Balaban J connectivity index is 0. The van der Waals surface area contributed by atoms with Crippen molar-refractivity contribution in [1.29, 1.82) is 0 Å². The quantitative estimate of drug-likeness (QED) is 0.324. The second-order valence-electron chi connectivity index (χ2n) is 6.41. The van der Waals surface area contributed by atoms with Gasteiger partial charge in [-0.1, -0.05) is 90.9 Å². The van der Waals surface area contributed by atoms with Gasteiger partial charge in [-0.2, -0.15) is 0 Å². The van der Waals surface area contributed by atoms with Crippen molar-refractivity contribution in [2.24, 2.45) is 5.73 Å². The summed E-state index contributed by atoms with van der Waals surface area (Å²) in [6.45, 7) is 4.96. The molecule has 0 aliphatic heterocycles. The molecule has 0 aromatic carbocycles. The molecule has 0 atom stereocenters. The van der Waals surface area contributed by atoms with E-state index in [9.17, 15) is 10.0 Å². The number of nitrogens with two attached hydrogens (primary N) is 2. The fraction of sp³-hybridized carbons (Fsp3) is 0.947. The lowest BCUT2D eigenvalue weighted by Crippen LogP contribution is -2.77. The molecule has 0 rings (SSSR count). The molecule has 0 spiro atoms. The number of carbonyl (C=O) groups is 1. The van der Waals surface area contributed by atoms with Gasteiger partial charge in [0.2, 0.25) is 5.91 Å². The summed E-state index contributed by atoms with van der Waals surface area (Å²) in [4.78, 5) is 10.5. The van der Waals surface area contributed by atoms with Crippen LogP contribution in [-0.4, -0.2) is 12.5 Å². The molecule has 23 heavy (non-hydrogen) atoms. The van der Waals surface area contributed by atoms with E-state index >= 15 is 0 Å². The minimum absolute atomic E-state index is 0.155. The van der Waals surface area contributed by atoms with Gasteiger partial charge < -0.3 is 16.4 Å². The predicted molar refractivity (Wildman–Crippen MR) is 100.0 cm³/mol. The minimum Gasteiger partial charge on any atom is -0.636 e. The van der Waals surface area contributed by atoms with Crippen LogP contribution in [0.25, 0.3) is 0 Å². The van der Waals surface area contributed by atoms with E-state index < -0.39 is 0 Å². The molecule has 0 aromatic rings. The second kappa shape index (κ2) is 23.7. The molecule has 0 aromatic heterocycles. The lowest BCUT2D eigenvalue weighted by atomic mass is 10.0. The van der Waals surface area contributed by atoms with Gasteiger partial charge in [-0.15, -0.1) is 0 Å².